The SMILES string of the molecule is CC(C)(C)c1cc2c(c(C(C)(C)C)c1)O[C@@H](c1cc(Br)ccc1O)N2. The summed E-state index contributed by atoms with van der Waals surface area (Å²) in [6, 6.07) is 9.81. The zero-order valence-corrected chi connectivity index (χ0v) is 17.3. The molecule has 2 N–H and O–H groups in total. The fraction of sp³-hybridized carbons (Fsp3) is 0.429. The zero-order chi connectivity index (χ0) is 18.6. The Labute approximate surface area is 158 Å². The summed E-state index contributed by atoms with van der Waals surface area (Å²) >= 11 is 3.47. The number of nitrogens with one attached hydrogen (secondary N) is 1. The molecule has 1 atom stereocenters. The lowest BCUT2D eigenvalue weighted by Crippen LogP contribution is -2.17. The Balaban J connectivity index is 2.09. The second kappa shape index (κ2) is 5.94. The van der Waals surface area contributed by atoms with E-state index in [9.17, 15) is 5.11 Å². The molecular formula is C21H26BrNO2. The van der Waals surface area contributed by atoms with Crippen molar-refractivity contribution in [2.24, 2.45) is 0 Å². The van der Waals surface area contributed by atoms with Crippen LogP contribution in [0.4, 0.5) is 5.69 Å². The monoisotopic (exact) mass is 403 g/mol. The van der Waals surface area contributed by atoms with Crippen molar-refractivity contribution in [3.63, 3.8) is 0 Å². The highest BCUT2D eigenvalue weighted by atomic mass is 79.9. The lowest BCUT2D eigenvalue weighted by Gasteiger charge is -2.26. The van der Waals surface area contributed by atoms with E-state index in [1.807, 2.05) is 12.1 Å². The van der Waals surface area contributed by atoms with Crippen LogP contribution in [0.1, 0.15) is 64.5 Å². The summed E-state index contributed by atoms with van der Waals surface area (Å²) in [5.41, 5.74) is 4.17. The van der Waals surface area contributed by atoms with Crippen LogP contribution in [0.25, 0.3) is 0 Å². The average Bonchev–Trinajstić information content (AvgIpc) is 2.90. The van der Waals surface area contributed by atoms with E-state index in [2.05, 4.69) is 74.9 Å². The fourth-order valence-electron chi connectivity index (χ4n) is 3.02. The molecule has 0 spiro atoms. The molecule has 2 aromatic carbocycles. The van der Waals surface area contributed by atoms with E-state index < -0.39 is 6.23 Å². The highest BCUT2D eigenvalue weighted by Crippen LogP contribution is 2.48. The van der Waals surface area contributed by atoms with E-state index >= 15 is 0 Å². The summed E-state index contributed by atoms with van der Waals surface area (Å²) in [6.07, 6.45) is -0.399. The standard InChI is InChI=1S/C21H26BrNO2/c1-20(2,3)12-9-15(21(4,5)6)18-16(10-12)23-19(25-18)14-11-13(22)7-8-17(14)24/h7-11,19,23-24H,1-6H3/t19-/m0/s1. The number of anilines is 1. The second-order valence-electron chi connectivity index (χ2n) is 8.75. The Morgan fingerprint density at radius 2 is 1.68 bits per heavy atom. The topological polar surface area (TPSA) is 41.5 Å². The van der Waals surface area contributed by atoms with Crippen LogP contribution in [-0.2, 0) is 10.8 Å². The third-order valence-corrected chi connectivity index (χ3v) is 5.05. The third kappa shape index (κ3) is 3.50. The summed E-state index contributed by atoms with van der Waals surface area (Å²) in [4.78, 5) is 0. The van der Waals surface area contributed by atoms with Crippen molar-refractivity contribution in [1.82, 2.24) is 0 Å². The molecule has 0 aliphatic carbocycles. The number of rotatable bonds is 1. The maximum Gasteiger partial charge on any atom is 0.200 e. The van der Waals surface area contributed by atoms with E-state index in [0.29, 0.717) is 0 Å². The van der Waals surface area contributed by atoms with Crippen molar-refractivity contribution in [3.05, 3.63) is 51.5 Å². The number of benzene rings is 2. The molecule has 0 saturated carbocycles. The predicted molar refractivity (Wildman–Crippen MR) is 107 cm³/mol. The van der Waals surface area contributed by atoms with Crippen LogP contribution >= 0.6 is 15.9 Å². The van der Waals surface area contributed by atoms with Crippen LogP contribution in [-0.4, -0.2) is 5.11 Å². The van der Waals surface area contributed by atoms with Gasteiger partial charge in [0.1, 0.15) is 11.5 Å². The number of aromatic hydroxyl groups is 1. The van der Waals surface area contributed by atoms with Gasteiger partial charge >= 0.3 is 0 Å². The van der Waals surface area contributed by atoms with Gasteiger partial charge in [0, 0.05) is 10.0 Å². The van der Waals surface area contributed by atoms with Crippen LogP contribution in [0.2, 0.25) is 0 Å². The lowest BCUT2D eigenvalue weighted by atomic mass is 9.80. The van der Waals surface area contributed by atoms with Gasteiger partial charge in [0.15, 0.2) is 6.23 Å². The molecule has 3 nitrogen and oxygen atoms in total. The highest BCUT2D eigenvalue weighted by molar-refractivity contribution is 9.10. The normalized spacial score (nSPS) is 17.0. The Morgan fingerprint density at radius 1 is 1.00 bits per heavy atom. The van der Waals surface area contributed by atoms with Crippen LogP contribution < -0.4 is 10.1 Å². The Bertz CT molecular complexity index is 816. The number of hydrogen-bond donors (Lipinski definition) is 2. The maximum absolute atomic E-state index is 10.2. The van der Waals surface area contributed by atoms with Crippen molar-refractivity contribution in [2.45, 2.75) is 58.6 Å². The zero-order valence-electron chi connectivity index (χ0n) is 15.7. The van der Waals surface area contributed by atoms with Crippen molar-refractivity contribution in [3.8, 4) is 11.5 Å². The Morgan fingerprint density at radius 3 is 2.28 bits per heavy atom. The number of ether oxygens (including phenoxy) is 1. The Hall–Kier alpha value is -1.68. The van der Waals surface area contributed by atoms with Gasteiger partial charge < -0.3 is 15.2 Å². The fourth-order valence-corrected chi connectivity index (χ4v) is 3.40. The minimum atomic E-state index is -0.399. The molecule has 0 amide bonds. The molecule has 1 heterocycles. The number of fused-ring (bicyclic) bond motifs is 1. The maximum atomic E-state index is 10.2. The molecule has 134 valence electrons. The first-order chi connectivity index (χ1) is 11.5. The molecule has 3 rings (SSSR count). The van der Waals surface area contributed by atoms with Crippen molar-refractivity contribution in [1.29, 1.82) is 0 Å². The molecule has 4 heteroatoms. The van der Waals surface area contributed by atoms with Crippen LogP contribution in [0.15, 0.2) is 34.8 Å². The molecular weight excluding hydrogens is 378 g/mol. The predicted octanol–water partition coefficient (Wildman–Crippen LogP) is 6.25. The van der Waals surface area contributed by atoms with Crippen LogP contribution in [0.5, 0.6) is 11.5 Å². The summed E-state index contributed by atoms with van der Waals surface area (Å²) in [5.74, 6) is 1.10. The summed E-state index contributed by atoms with van der Waals surface area (Å²) in [7, 11) is 0. The number of hydrogen-bond acceptors (Lipinski definition) is 3. The summed E-state index contributed by atoms with van der Waals surface area (Å²) in [6.45, 7) is 13.2. The number of phenols is 1. The smallest absolute Gasteiger partial charge is 0.200 e. The van der Waals surface area contributed by atoms with E-state index in [1.165, 1.54) is 11.1 Å². The quantitative estimate of drug-likeness (QED) is 0.590. The summed E-state index contributed by atoms with van der Waals surface area (Å²) in [5, 5.41) is 13.7. The van der Waals surface area contributed by atoms with E-state index in [-0.39, 0.29) is 16.6 Å². The van der Waals surface area contributed by atoms with Gasteiger partial charge in [-0.05, 0) is 40.7 Å². The van der Waals surface area contributed by atoms with Gasteiger partial charge in [-0.2, -0.15) is 0 Å². The van der Waals surface area contributed by atoms with Gasteiger partial charge in [-0.15, -0.1) is 0 Å². The average molecular weight is 404 g/mol. The largest absolute Gasteiger partial charge is 0.507 e. The minimum Gasteiger partial charge on any atom is -0.507 e. The molecule has 2 aromatic rings. The van der Waals surface area contributed by atoms with Gasteiger partial charge in [0.2, 0.25) is 0 Å². The third-order valence-electron chi connectivity index (χ3n) is 4.56. The first-order valence-corrected chi connectivity index (χ1v) is 9.37. The van der Waals surface area contributed by atoms with E-state index in [4.69, 9.17) is 4.74 Å². The first-order valence-electron chi connectivity index (χ1n) is 8.57. The molecule has 0 fully saturated rings. The van der Waals surface area contributed by atoms with Gasteiger partial charge in [0.25, 0.3) is 0 Å². The van der Waals surface area contributed by atoms with E-state index in [1.54, 1.807) is 6.07 Å². The highest BCUT2D eigenvalue weighted by Gasteiger charge is 2.33. The van der Waals surface area contributed by atoms with Gasteiger partial charge in [-0.1, -0.05) is 63.5 Å². The second-order valence-corrected chi connectivity index (χ2v) is 9.66. The minimum absolute atomic E-state index is 0.0404. The van der Waals surface area contributed by atoms with Gasteiger partial charge in [-0.25, -0.2) is 0 Å². The van der Waals surface area contributed by atoms with Crippen LogP contribution in [0, 0.1) is 0 Å². The molecule has 0 aromatic heterocycles. The molecule has 1 aliphatic heterocycles. The molecule has 25 heavy (non-hydrogen) atoms. The number of phenolic OH excluding ortho intramolecular Hbond substituents is 1. The van der Waals surface area contributed by atoms with Crippen molar-refractivity contribution in [2.75, 3.05) is 5.32 Å². The number of halogens is 1. The Kier molecular flexibility index (Phi) is 4.31. The van der Waals surface area contributed by atoms with Crippen molar-refractivity contribution < 1.29 is 9.84 Å². The van der Waals surface area contributed by atoms with Crippen LogP contribution in [0.3, 0.4) is 0 Å². The lowest BCUT2D eigenvalue weighted by molar-refractivity contribution is 0.248. The first kappa shape index (κ1) is 18.1. The molecule has 0 radical (unpaired) electrons. The van der Waals surface area contributed by atoms with Gasteiger partial charge in [0.05, 0.1) is 11.3 Å². The molecule has 0 unspecified atom stereocenters. The summed E-state index contributed by atoms with van der Waals surface area (Å²) < 4.78 is 7.17. The molecule has 0 saturated heterocycles. The van der Waals surface area contributed by atoms with Crippen molar-refractivity contribution >= 4 is 21.6 Å². The molecule has 0 bridgehead atoms. The van der Waals surface area contributed by atoms with Gasteiger partial charge in [-0.3, -0.25) is 0 Å². The van der Waals surface area contributed by atoms with E-state index in [0.717, 1.165) is 21.5 Å². The molecule has 1 aliphatic rings.